The van der Waals surface area contributed by atoms with Gasteiger partial charge in [0.05, 0.1) is 6.07 Å². The normalized spacial score (nSPS) is 12.0. The van der Waals surface area contributed by atoms with E-state index in [0.717, 1.165) is 0 Å². The van der Waals surface area contributed by atoms with Crippen LogP contribution in [0.1, 0.15) is 33.1 Å². The molecule has 0 saturated heterocycles. The van der Waals surface area contributed by atoms with E-state index in [1.165, 1.54) is 0 Å². The van der Waals surface area contributed by atoms with Crippen LogP contribution in [0.5, 0.6) is 0 Å². The van der Waals surface area contributed by atoms with Gasteiger partial charge in [-0.25, -0.2) is 0 Å². The lowest BCUT2D eigenvalue weighted by molar-refractivity contribution is -0.154. The summed E-state index contributed by atoms with van der Waals surface area (Å²) in [5.74, 6) is -1.16. The van der Waals surface area contributed by atoms with Crippen molar-refractivity contribution in [3.63, 3.8) is 0 Å². The molecule has 1 N–H and O–H groups in total. The van der Waals surface area contributed by atoms with Crippen molar-refractivity contribution >= 4 is 5.91 Å². The Labute approximate surface area is 86.3 Å². The molecule has 0 heterocycles. The van der Waals surface area contributed by atoms with Crippen LogP contribution in [0.15, 0.2) is 0 Å². The quantitative estimate of drug-likeness (QED) is 0.792. The molecule has 0 bridgehead atoms. The highest BCUT2D eigenvalue weighted by molar-refractivity contribution is 5.77. The second kappa shape index (κ2) is 5.01. The largest absolute Gasteiger partial charge is 0.397 e. The summed E-state index contributed by atoms with van der Waals surface area (Å²) in [6.45, 7) is 3.28. The van der Waals surface area contributed by atoms with Crippen molar-refractivity contribution in [2.24, 2.45) is 0 Å². The molecule has 1 amide bonds. The molecule has 0 radical (unpaired) electrons. The molecule has 0 aliphatic heterocycles. The highest BCUT2D eigenvalue weighted by Gasteiger charge is 2.35. The summed E-state index contributed by atoms with van der Waals surface area (Å²) < 4.78 is 35.5. The van der Waals surface area contributed by atoms with E-state index in [1.54, 1.807) is 13.8 Å². The maximum absolute atomic E-state index is 11.8. The molecule has 0 atom stereocenters. The van der Waals surface area contributed by atoms with Crippen molar-refractivity contribution in [1.82, 2.24) is 5.32 Å². The van der Waals surface area contributed by atoms with Crippen LogP contribution in [0.3, 0.4) is 0 Å². The molecule has 86 valence electrons. The SMILES string of the molecule is CCC(C#N)(CC)NC(=O)CC(F)(F)F. The highest BCUT2D eigenvalue weighted by atomic mass is 19.4. The number of amides is 1. The van der Waals surface area contributed by atoms with Crippen molar-refractivity contribution in [1.29, 1.82) is 5.26 Å². The summed E-state index contributed by atoms with van der Waals surface area (Å²) >= 11 is 0. The van der Waals surface area contributed by atoms with E-state index in [4.69, 9.17) is 5.26 Å². The summed E-state index contributed by atoms with van der Waals surface area (Å²) in [6.07, 6.45) is -5.52. The first-order valence-corrected chi connectivity index (χ1v) is 4.57. The Balaban J connectivity index is 4.45. The number of rotatable bonds is 4. The monoisotopic (exact) mass is 222 g/mol. The van der Waals surface area contributed by atoms with Gasteiger partial charge in [0.1, 0.15) is 12.0 Å². The number of nitrogens with one attached hydrogen (secondary N) is 1. The van der Waals surface area contributed by atoms with Crippen molar-refractivity contribution in [2.75, 3.05) is 0 Å². The Hall–Kier alpha value is -1.25. The van der Waals surface area contributed by atoms with Crippen LogP contribution in [0.25, 0.3) is 0 Å². The van der Waals surface area contributed by atoms with E-state index in [9.17, 15) is 18.0 Å². The molecule has 0 fully saturated rings. The fourth-order valence-electron chi connectivity index (χ4n) is 1.11. The van der Waals surface area contributed by atoms with E-state index >= 15 is 0 Å². The first kappa shape index (κ1) is 13.8. The zero-order valence-electron chi connectivity index (χ0n) is 8.61. The zero-order chi connectivity index (χ0) is 12.1. The number of carbonyl (C=O) groups is 1. The Morgan fingerprint density at radius 3 is 2.07 bits per heavy atom. The molecular weight excluding hydrogens is 209 g/mol. The summed E-state index contributed by atoms with van der Waals surface area (Å²) in [6, 6.07) is 1.83. The smallest absolute Gasteiger partial charge is 0.338 e. The fraction of sp³-hybridized carbons (Fsp3) is 0.778. The van der Waals surface area contributed by atoms with Crippen LogP contribution in [-0.4, -0.2) is 17.6 Å². The Morgan fingerprint density at radius 1 is 1.33 bits per heavy atom. The Bertz CT molecular complexity index is 264. The Morgan fingerprint density at radius 2 is 1.80 bits per heavy atom. The first-order valence-electron chi connectivity index (χ1n) is 4.57. The molecule has 3 nitrogen and oxygen atoms in total. The number of nitrogens with zero attached hydrogens (tertiary/aromatic N) is 1. The van der Waals surface area contributed by atoms with Gasteiger partial charge in [0.15, 0.2) is 0 Å². The molecule has 15 heavy (non-hydrogen) atoms. The van der Waals surface area contributed by atoms with E-state index in [1.807, 2.05) is 6.07 Å². The predicted octanol–water partition coefficient (Wildman–Crippen LogP) is 2.14. The number of hydrogen-bond donors (Lipinski definition) is 1. The van der Waals surface area contributed by atoms with Crippen molar-refractivity contribution < 1.29 is 18.0 Å². The standard InChI is InChI=1S/C9H13F3N2O/c1-3-8(4-2,6-13)14-7(15)5-9(10,11)12/h3-5H2,1-2H3,(H,14,15). The van der Waals surface area contributed by atoms with Gasteiger partial charge in [-0.1, -0.05) is 13.8 Å². The van der Waals surface area contributed by atoms with Gasteiger partial charge in [0, 0.05) is 0 Å². The van der Waals surface area contributed by atoms with Crippen LogP contribution in [0.2, 0.25) is 0 Å². The van der Waals surface area contributed by atoms with Gasteiger partial charge < -0.3 is 5.32 Å². The molecule has 0 aromatic heterocycles. The molecule has 0 aliphatic carbocycles. The van der Waals surface area contributed by atoms with Gasteiger partial charge in [0.25, 0.3) is 0 Å². The van der Waals surface area contributed by atoms with E-state index in [2.05, 4.69) is 5.32 Å². The van der Waals surface area contributed by atoms with E-state index < -0.39 is 24.0 Å². The second-order valence-corrected chi connectivity index (χ2v) is 3.24. The topological polar surface area (TPSA) is 52.9 Å². The fourth-order valence-corrected chi connectivity index (χ4v) is 1.11. The predicted molar refractivity (Wildman–Crippen MR) is 47.7 cm³/mol. The van der Waals surface area contributed by atoms with Crippen molar-refractivity contribution in [3.05, 3.63) is 0 Å². The minimum Gasteiger partial charge on any atom is -0.338 e. The number of halogens is 3. The third-order valence-electron chi connectivity index (χ3n) is 2.16. The summed E-state index contributed by atoms with van der Waals surface area (Å²) in [4.78, 5) is 11.0. The third kappa shape index (κ3) is 4.68. The highest BCUT2D eigenvalue weighted by Crippen LogP contribution is 2.21. The van der Waals surface area contributed by atoms with Crippen LogP contribution in [-0.2, 0) is 4.79 Å². The van der Waals surface area contributed by atoms with Crippen molar-refractivity contribution in [2.45, 2.75) is 44.8 Å². The van der Waals surface area contributed by atoms with Gasteiger partial charge >= 0.3 is 6.18 Å². The first-order chi connectivity index (χ1) is 6.78. The molecule has 0 aromatic rings. The molecule has 0 unspecified atom stereocenters. The third-order valence-corrected chi connectivity index (χ3v) is 2.16. The van der Waals surface area contributed by atoms with Crippen molar-refractivity contribution in [3.8, 4) is 6.07 Å². The summed E-state index contributed by atoms with van der Waals surface area (Å²) in [5.41, 5.74) is -1.18. The molecule has 0 rings (SSSR count). The molecule has 0 aromatic carbocycles. The lowest BCUT2D eigenvalue weighted by Gasteiger charge is -2.25. The van der Waals surface area contributed by atoms with Crippen LogP contribution in [0, 0.1) is 11.3 Å². The van der Waals surface area contributed by atoms with Gasteiger partial charge in [-0.3, -0.25) is 4.79 Å². The van der Waals surface area contributed by atoms with Gasteiger partial charge in [0.2, 0.25) is 5.91 Å². The second-order valence-electron chi connectivity index (χ2n) is 3.24. The van der Waals surface area contributed by atoms with Crippen LogP contribution in [0.4, 0.5) is 13.2 Å². The average molecular weight is 222 g/mol. The lowest BCUT2D eigenvalue weighted by atomic mass is 9.94. The van der Waals surface area contributed by atoms with Crippen LogP contribution >= 0.6 is 0 Å². The lowest BCUT2D eigenvalue weighted by Crippen LogP contribution is -2.47. The van der Waals surface area contributed by atoms with Gasteiger partial charge in [-0.05, 0) is 12.8 Å². The maximum atomic E-state index is 11.8. The zero-order valence-corrected chi connectivity index (χ0v) is 8.61. The van der Waals surface area contributed by atoms with Gasteiger partial charge in [-0.15, -0.1) is 0 Å². The minimum absolute atomic E-state index is 0.281. The van der Waals surface area contributed by atoms with Gasteiger partial charge in [-0.2, -0.15) is 18.4 Å². The Kier molecular flexibility index (Phi) is 4.59. The average Bonchev–Trinajstić information content (AvgIpc) is 2.11. The maximum Gasteiger partial charge on any atom is 0.397 e. The summed E-state index contributed by atoms with van der Waals surface area (Å²) in [5, 5.41) is 10.9. The molecule has 6 heteroatoms. The number of nitriles is 1. The minimum atomic E-state index is -4.53. The van der Waals surface area contributed by atoms with E-state index in [-0.39, 0.29) is 12.8 Å². The van der Waals surface area contributed by atoms with E-state index in [0.29, 0.717) is 0 Å². The molecular formula is C9H13F3N2O. The molecule has 0 aliphatic rings. The molecule has 0 saturated carbocycles. The van der Waals surface area contributed by atoms with Crippen LogP contribution < -0.4 is 5.32 Å². The molecule has 0 spiro atoms. The number of hydrogen-bond acceptors (Lipinski definition) is 2. The number of carbonyl (C=O) groups excluding carboxylic acids is 1. The number of alkyl halides is 3. The summed E-state index contributed by atoms with van der Waals surface area (Å²) in [7, 11) is 0.